The van der Waals surface area contributed by atoms with Crippen LogP contribution in [-0.2, 0) is 14.8 Å². The van der Waals surface area contributed by atoms with E-state index >= 15 is 0 Å². The number of primary amides is 1. The van der Waals surface area contributed by atoms with Gasteiger partial charge in [0.2, 0.25) is 15.9 Å². The van der Waals surface area contributed by atoms with Gasteiger partial charge in [0.1, 0.15) is 9.88 Å². The number of hydrogen-bond donors (Lipinski definition) is 3. The molecule has 0 spiro atoms. The molecule has 1 saturated carbocycles. The Morgan fingerprint density at radius 1 is 1.12 bits per heavy atom. The van der Waals surface area contributed by atoms with Crippen molar-refractivity contribution in [1.29, 1.82) is 0 Å². The van der Waals surface area contributed by atoms with Crippen molar-refractivity contribution in [3.8, 4) is 16.3 Å². The van der Waals surface area contributed by atoms with Crippen molar-refractivity contribution in [2.45, 2.75) is 19.8 Å². The van der Waals surface area contributed by atoms with E-state index in [0.717, 1.165) is 12.8 Å². The predicted molar refractivity (Wildman–Crippen MR) is 156 cm³/mol. The topological polar surface area (TPSA) is 190 Å². The highest BCUT2D eigenvalue weighted by molar-refractivity contribution is 7.89. The smallest absolute Gasteiger partial charge is 0.271 e. The van der Waals surface area contributed by atoms with Gasteiger partial charge < -0.3 is 26.0 Å². The van der Waals surface area contributed by atoms with Gasteiger partial charge in [0.05, 0.1) is 36.0 Å². The fraction of sp³-hybridized carbons (Fsp3) is 0.385. The number of nitrogens with one attached hydrogen (secondary N) is 2. The van der Waals surface area contributed by atoms with Crippen molar-refractivity contribution in [1.82, 2.24) is 24.4 Å². The summed E-state index contributed by atoms with van der Waals surface area (Å²) in [6, 6.07) is 6.74. The molecule has 3 heterocycles. The standard InChI is InChI=1S/C26H30N8O6S2/c1-3-42(38,39)34-11-9-33(10-12-34)26(37)19-14-28-25(41-19)16-5-4-6-17(22(16)40-2)29-18-13-20(30-24(36)15-7-8-15)31-32-21(18)23(27)35/h4-6,13-15H,3,7-12H2,1-2H3,(H2,27,35)(H2,29,30,31,36). The lowest BCUT2D eigenvalue weighted by molar-refractivity contribution is -0.117. The van der Waals surface area contributed by atoms with Gasteiger partial charge in [0.25, 0.3) is 11.8 Å². The lowest BCUT2D eigenvalue weighted by Gasteiger charge is -2.33. The first-order chi connectivity index (χ1) is 20.1. The molecule has 4 N–H and O–H groups in total. The van der Waals surface area contributed by atoms with E-state index in [1.54, 1.807) is 30.0 Å². The molecular weight excluding hydrogens is 584 g/mol. The molecule has 2 aliphatic rings. The predicted octanol–water partition coefficient (Wildman–Crippen LogP) is 1.91. The number of carbonyl (C=O) groups is 3. The number of hydrogen-bond acceptors (Lipinski definition) is 11. The van der Waals surface area contributed by atoms with E-state index in [0.29, 0.717) is 40.0 Å². The number of aromatic nitrogens is 3. The van der Waals surface area contributed by atoms with E-state index in [1.807, 2.05) is 0 Å². The molecule has 2 aromatic heterocycles. The Morgan fingerprint density at radius 3 is 2.50 bits per heavy atom. The van der Waals surface area contributed by atoms with Crippen molar-refractivity contribution in [2.75, 3.05) is 49.7 Å². The van der Waals surface area contributed by atoms with Crippen LogP contribution in [0.15, 0.2) is 30.5 Å². The Kier molecular flexibility index (Phi) is 8.38. The lowest BCUT2D eigenvalue weighted by atomic mass is 10.1. The summed E-state index contributed by atoms with van der Waals surface area (Å²) in [4.78, 5) is 44.0. The van der Waals surface area contributed by atoms with E-state index in [4.69, 9.17) is 10.5 Å². The third-order valence-electron chi connectivity index (χ3n) is 6.95. The molecule has 0 bridgehead atoms. The van der Waals surface area contributed by atoms with Crippen LogP contribution in [0, 0.1) is 5.92 Å². The second-order valence-corrected chi connectivity index (χ2v) is 13.0. The number of methoxy groups -OCH3 is 1. The van der Waals surface area contributed by atoms with Gasteiger partial charge in [-0.25, -0.2) is 13.4 Å². The Morgan fingerprint density at radius 2 is 1.86 bits per heavy atom. The zero-order chi connectivity index (χ0) is 30.0. The summed E-state index contributed by atoms with van der Waals surface area (Å²) < 4.78 is 31.4. The molecular formula is C26H30N8O6S2. The SMILES string of the molecule is CCS(=O)(=O)N1CCN(C(=O)c2cnc(-c3cccc(Nc4cc(NC(=O)C5CC5)nnc4C(N)=O)c3OC)s2)CC1. The first-order valence-corrected chi connectivity index (χ1v) is 15.7. The van der Waals surface area contributed by atoms with Crippen LogP contribution in [0.4, 0.5) is 17.2 Å². The van der Waals surface area contributed by atoms with Gasteiger partial charge in [-0.1, -0.05) is 6.07 Å². The van der Waals surface area contributed by atoms with Crippen molar-refractivity contribution in [3.63, 3.8) is 0 Å². The first-order valence-electron chi connectivity index (χ1n) is 13.3. The number of anilines is 3. The Labute approximate surface area is 246 Å². The summed E-state index contributed by atoms with van der Waals surface area (Å²) in [6.07, 6.45) is 3.12. The summed E-state index contributed by atoms with van der Waals surface area (Å²) in [7, 11) is -1.82. The molecule has 0 radical (unpaired) electrons. The summed E-state index contributed by atoms with van der Waals surface area (Å²) in [6.45, 7) is 2.68. The van der Waals surface area contributed by atoms with Crippen LogP contribution in [0.25, 0.3) is 10.6 Å². The average Bonchev–Trinajstić information content (AvgIpc) is 3.73. The minimum atomic E-state index is -3.30. The van der Waals surface area contributed by atoms with Crippen LogP contribution in [0.1, 0.15) is 39.9 Å². The van der Waals surface area contributed by atoms with E-state index in [1.165, 1.54) is 35.0 Å². The number of amides is 3. The van der Waals surface area contributed by atoms with Crippen molar-refractivity contribution in [2.24, 2.45) is 11.7 Å². The molecule has 42 heavy (non-hydrogen) atoms. The van der Waals surface area contributed by atoms with Crippen LogP contribution < -0.4 is 21.1 Å². The third-order valence-corrected chi connectivity index (χ3v) is 9.85. The second-order valence-electron chi connectivity index (χ2n) is 9.75. The maximum atomic E-state index is 13.2. The van der Waals surface area contributed by atoms with Gasteiger partial charge in [-0.15, -0.1) is 21.5 Å². The maximum Gasteiger partial charge on any atom is 0.271 e. The molecule has 3 aromatic rings. The van der Waals surface area contributed by atoms with Gasteiger partial charge in [-0.2, -0.15) is 4.31 Å². The number of piperazine rings is 1. The van der Waals surface area contributed by atoms with Crippen molar-refractivity contribution in [3.05, 3.63) is 41.0 Å². The lowest BCUT2D eigenvalue weighted by Crippen LogP contribution is -2.50. The van der Waals surface area contributed by atoms with Gasteiger partial charge in [-0.3, -0.25) is 14.4 Å². The summed E-state index contributed by atoms with van der Waals surface area (Å²) in [5.74, 6) is -0.664. The molecule has 1 aliphatic carbocycles. The molecule has 1 aliphatic heterocycles. The van der Waals surface area contributed by atoms with Gasteiger partial charge in [-0.05, 0) is 31.9 Å². The number of sulfonamides is 1. The molecule has 1 saturated heterocycles. The van der Waals surface area contributed by atoms with Crippen molar-refractivity contribution >= 4 is 56.3 Å². The molecule has 2 fully saturated rings. The average molecular weight is 615 g/mol. The van der Waals surface area contributed by atoms with Gasteiger partial charge in [0, 0.05) is 38.2 Å². The third kappa shape index (κ3) is 6.19. The van der Waals surface area contributed by atoms with E-state index in [9.17, 15) is 22.8 Å². The second kappa shape index (κ2) is 12.0. The zero-order valence-corrected chi connectivity index (χ0v) is 24.6. The number of benzene rings is 1. The zero-order valence-electron chi connectivity index (χ0n) is 23.0. The number of thiazole rings is 1. The number of rotatable bonds is 10. The highest BCUT2D eigenvalue weighted by Crippen LogP contribution is 2.40. The molecule has 16 heteroatoms. The highest BCUT2D eigenvalue weighted by atomic mass is 32.2. The molecule has 5 rings (SSSR count). The van der Waals surface area contributed by atoms with E-state index in [2.05, 4.69) is 25.8 Å². The molecule has 14 nitrogen and oxygen atoms in total. The maximum absolute atomic E-state index is 13.2. The molecule has 222 valence electrons. The number of nitrogens with two attached hydrogens (primary N) is 1. The molecule has 0 unspecified atom stereocenters. The molecule has 1 aromatic carbocycles. The molecule has 3 amide bonds. The quantitative estimate of drug-likeness (QED) is 0.304. The van der Waals surface area contributed by atoms with Crippen LogP contribution in [0.3, 0.4) is 0 Å². The Bertz CT molecular complexity index is 1630. The summed E-state index contributed by atoms with van der Waals surface area (Å²) >= 11 is 1.18. The monoisotopic (exact) mass is 614 g/mol. The van der Waals surface area contributed by atoms with Crippen molar-refractivity contribution < 1.29 is 27.5 Å². The fourth-order valence-corrected chi connectivity index (χ4v) is 6.47. The fourth-order valence-electron chi connectivity index (χ4n) is 4.48. The summed E-state index contributed by atoms with van der Waals surface area (Å²) in [5.41, 5.74) is 6.67. The summed E-state index contributed by atoms with van der Waals surface area (Å²) in [5, 5.41) is 14.1. The van der Waals surface area contributed by atoms with E-state index < -0.39 is 15.9 Å². The number of nitrogens with zero attached hydrogens (tertiary/aromatic N) is 5. The Balaban J connectivity index is 1.36. The van der Waals surface area contributed by atoms with Crippen LogP contribution >= 0.6 is 11.3 Å². The van der Waals surface area contributed by atoms with E-state index in [-0.39, 0.29) is 53.8 Å². The van der Waals surface area contributed by atoms with Gasteiger partial charge >= 0.3 is 0 Å². The number of carbonyl (C=O) groups excluding carboxylic acids is 3. The largest absolute Gasteiger partial charge is 0.494 e. The number of ether oxygens (including phenoxy) is 1. The van der Waals surface area contributed by atoms with Crippen LogP contribution in [-0.4, -0.2) is 89.6 Å². The highest BCUT2D eigenvalue weighted by Gasteiger charge is 2.31. The Hall–Kier alpha value is -4.15. The van der Waals surface area contributed by atoms with Crippen LogP contribution in [0.2, 0.25) is 0 Å². The van der Waals surface area contributed by atoms with Crippen LogP contribution in [0.5, 0.6) is 5.75 Å². The van der Waals surface area contributed by atoms with Gasteiger partial charge in [0.15, 0.2) is 17.3 Å². The first kappa shape index (κ1) is 29.3. The minimum absolute atomic E-state index is 0.0224. The minimum Gasteiger partial charge on any atom is -0.494 e. The molecule has 0 atom stereocenters. The normalized spacial score (nSPS) is 15.7. The number of para-hydroxylation sites is 1.